The van der Waals surface area contributed by atoms with Crippen molar-refractivity contribution in [2.24, 2.45) is 0 Å². The zero-order valence-electron chi connectivity index (χ0n) is 13.0. The number of non-ortho nitro benzene ring substituents is 1. The van der Waals surface area contributed by atoms with Crippen molar-refractivity contribution < 1.29 is 9.49 Å². The van der Waals surface area contributed by atoms with Crippen LogP contribution in [0, 0.1) is 10.1 Å². The molecule has 7 nitrogen and oxygen atoms in total. The smallest absolute Gasteiger partial charge is 0.272 e. The van der Waals surface area contributed by atoms with Gasteiger partial charge in [-0.25, -0.2) is 4.57 Å². The first-order valence-corrected chi connectivity index (χ1v) is 7.28. The van der Waals surface area contributed by atoms with Crippen LogP contribution in [0.4, 0.5) is 11.4 Å². The van der Waals surface area contributed by atoms with E-state index in [9.17, 15) is 10.1 Å². The van der Waals surface area contributed by atoms with Crippen LogP contribution in [0.25, 0.3) is 11.0 Å². The lowest BCUT2D eigenvalue weighted by molar-refractivity contribution is -0.696. The van der Waals surface area contributed by atoms with Crippen LogP contribution < -0.4 is 14.5 Å². The maximum absolute atomic E-state index is 11.0. The predicted molar refractivity (Wildman–Crippen MR) is 86.4 cm³/mol. The van der Waals surface area contributed by atoms with E-state index in [1.54, 1.807) is 12.1 Å². The minimum absolute atomic E-state index is 0.00392. The monoisotopic (exact) mass is 311 g/mol. The van der Waals surface area contributed by atoms with Crippen molar-refractivity contribution in [3.05, 3.63) is 58.7 Å². The summed E-state index contributed by atoms with van der Waals surface area (Å²) < 4.78 is 2.04. The average molecular weight is 311 g/mol. The van der Waals surface area contributed by atoms with Gasteiger partial charge in [-0.2, -0.15) is 0 Å². The normalized spacial score (nSPS) is 10.9. The molecule has 23 heavy (non-hydrogen) atoms. The number of aryl methyl sites for hydroxylation is 2. The van der Waals surface area contributed by atoms with E-state index in [-0.39, 0.29) is 5.69 Å². The second-order valence-electron chi connectivity index (χ2n) is 5.48. The molecule has 3 aromatic rings. The van der Waals surface area contributed by atoms with Crippen LogP contribution in [0.5, 0.6) is 0 Å². The summed E-state index contributed by atoms with van der Waals surface area (Å²) in [5.74, 6) is 0.624. The van der Waals surface area contributed by atoms with Gasteiger partial charge in [0.2, 0.25) is 0 Å². The minimum Gasteiger partial charge on any atom is -0.439 e. The third-order valence-corrected chi connectivity index (χ3v) is 3.66. The van der Waals surface area contributed by atoms with Crippen LogP contribution in [0.1, 0.15) is 5.82 Å². The summed E-state index contributed by atoms with van der Waals surface area (Å²) >= 11 is 0. The first-order valence-electron chi connectivity index (χ1n) is 7.28. The van der Waals surface area contributed by atoms with Crippen molar-refractivity contribution in [2.75, 3.05) is 19.0 Å². The van der Waals surface area contributed by atoms with E-state index in [0.29, 0.717) is 23.3 Å². The number of benzene rings is 1. The van der Waals surface area contributed by atoms with Gasteiger partial charge in [0.05, 0.1) is 4.92 Å². The van der Waals surface area contributed by atoms with Crippen LogP contribution in [-0.2, 0) is 13.0 Å². The molecule has 0 N–H and O–H groups in total. The van der Waals surface area contributed by atoms with Crippen molar-refractivity contribution in [1.82, 2.24) is 9.97 Å². The number of para-hydroxylation sites is 1. The quantitative estimate of drug-likeness (QED) is 0.407. The van der Waals surface area contributed by atoms with E-state index in [4.69, 9.17) is 0 Å². The molecule has 118 valence electrons. The second kappa shape index (κ2) is 6.04. The molecule has 7 heteroatoms. The third kappa shape index (κ3) is 3.13. The zero-order valence-corrected chi connectivity index (χ0v) is 13.0. The number of aromatic nitrogens is 3. The molecule has 2 heterocycles. The van der Waals surface area contributed by atoms with Gasteiger partial charge in [-0.1, -0.05) is 18.0 Å². The summed E-state index contributed by atoms with van der Waals surface area (Å²) in [5.41, 5.74) is 2.07. The molecule has 0 atom stereocenters. The van der Waals surface area contributed by atoms with E-state index in [1.807, 2.05) is 48.1 Å². The molecule has 0 saturated heterocycles. The number of imidazole rings is 1. The Morgan fingerprint density at radius 1 is 1.26 bits per heavy atom. The summed E-state index contributed by atoms with van der Waals surface area (Å²) in [6.07, 6.45) is 4.62. The van der Waals surface area contributed by atoms with Gasteiger partial charge in [0.1, 0.15) is 0 Å². The van der Waals surface area contributed by atoms with Gasteiger partial charge >= 0.3 is 0 Å². The topological polar surface area (TPSA) is 77.2 Å². The Bertz CT molecular complexity index is 839. The van der Waals surface area contributed by atoms with Crippen LogP contribution in [0.2, 0.25) is 0 Å². The molecule has 2 aromatic heterocycles. The van der Waals surface area contributed by atoms with Crippen molar-refractivity contribution in [2.45, 2.75) is 13.0 Å². The summed E-state index contributed by atoms with van der Waals surface area (Å²) in [7, 11) is 3.99. The average Bonchev–Trinajstić information content (AvgIpc) is 2.95. The zero-order chi connectivity index (χ0) is 16.4. The van der Waals surface area contributed by atoms with Gasteiger partial charge in [-0.05, 0) is 5.52 Å². The number of anilines is 1. The van der Waals surface area contributed by atoms with Gasteiger partial charge in [0, 0.05) is 49.9 Å². The number of rotatable bonds is 5. The van der Waals surface area contributed by atoms with E-state index in [0.717, 1.165) is 12.2 Å². The van der Waals surface area contributed by atoms with Crippen LogP contribution in [0.15, 0.2) is 42.7 Å². The van der Waals surface area contributed by atoms with Crippen LogP contribution >= 0.6 is 0 Å². The SMILES string of the molecule is CN(C)c1cc[n+](CCc2nc3cccc([N+](=O)[O-])c3[n-]2)cc1. The molecule has 0 aliphatic heterocycles. The minimum atomic E-state index is -0.421. The first-order chi connectivity index (χ1) is 11.0. The Labute approximate surface area is 133 Å². The molecule has 1 aromatic carbocycles. The lowest BCUT2D eigenvalue weighted by Gasteiger charge is -2.10. The molecule has 0 amide bonds. The fourth-order valence-electron chi connectivity index (χ4n) is 2.40. The summed E-state index contributed by atoms with van der Waals surface area (Å²) in [5, 5.41) is 11.0. The maximum Gasteiger partial charge on any atom is 0.272 e. The summed E-state index contributed by atoms with van der Waals surface area (Å²) in [6.45, 7) is 0.720. The highest BCUT2D eigenvalue weighted by molar-refractivity contribution is 5.84. The summed E-state index contributed by atoms with van der Waals surface area (Å²) in [6, 6.07) is 8.90. The Morgan fingerprint density at radius 3 is 2.65 bits per heavy atom. The number of nitro benzene ring substituents is 1. The van der Waals surface area contributed by atoms with Crippen LogP contribution in [-0.4, -0.2) is 24.0 Å². The predicted octanol–water partition coefficient (Wildman–Crippen LogP) is 1.70. The van der Waals surface area contributed by atoms with Gasteiger partial charge in [0.15, 0.2) is 18.9 Å². The van der Waals surface area contributed by atoms with E-state index in [1.165, 1.54) is 6.07 Å². The number of hydrogen-bond acceptors (Lipinski definition) is 4. The third-order valence-electron chi connectivity index (χ3n) is 3.66. The van der Waals surface area contributed by atoms with E-state index < -0.39 is 4.92 Å². The number of fused-ring (bicyclic) bond motifs is 1. The Hall–Kier alpha value is -2.96. The van der Waals surface area contributed by atoms with Crippen molar-refractivity contribution in [1.29, 1.82) is 0 Å². The molecule has 0 unspecified atom stereocenters. The van der Waals surface area contributed by atoms with Gasteiger partial charge in [0.25, 0.3) is 5.69 Å². The Kier molecular flexibility index (Phi) is 3.92. The second-order valence-corrected chi connectivity index (χ2v) is 5.48. The molecule has 0 saturated carbocycles. The number of hydrogen-bond donors (Lipinski definition) is 0. The Balaban J connectivity index is 1.77. The Morgan fingerprint density at radius 2 is 2.00 bits per heavy atom. The lowest BCUT2D eigenvalue weighted by atomic mass is 10.3. The molecule has 0 spiro atoms. The number of nitro groups is 1. The van der Waals surface area contributed by atoms with Gasteiger partial charge < -0.3 is 14.9 Å². The molecular weight excluding hydrogens is 294 g/mol. The van der Waals surface area contributed by atoms with Crippen molar-refractivity contribution in [3.63, 3.8) is 0 Å². The molecule has 0 aliphatic rings. The highest BCUT2D eigenvalue weighted by atomic mass is 16.6. The van der Waals surface area contributed by atoms with E-state index >= 15 is 0 Å². The fraction of sp³-hybridized carbons (Fsp3) is 0.250. The molecule has 0 bridgehead atoms. The summed E-state index contributed by atoms with van der Waals surface area (Å²) in [4.78, 5) is 21.3. The lowest BCUT2D eigenvalue weighted by Crippen LogP contribution is -2.34. The highest BCUT2D eigenvalue weighted by Crippen LogP contribution is 2.22. The highest BCUT2D eigenvalue weighted by Gasteiger charge is 2.09. The maximum atomic E-state index is 11.0. The van der Waals surface area contributed by atoms with Crippen molar-refractivity contribution >= 4 is 22.4 Å². The van der Waals surface area contributed by atoms with Gasteiger partial charge in [-0.3, -0.25) is 10.1 Å². The molecule has 0 radical (unpaired) electrons. The number of pyridine rings is 1. The molecular formula is C16H17N5O2. The van der Waals surface area contributed by atoms with E-state index in [2.05, 4.69) is 9.97 Å². The van der Waals surface area contributed by atoms with Gasteiger partial charge in [-0.15, -0.1) is 0 Å². The number of nitrogens with zero attached hydrogens (tertiary/aromatic N) is 5. The standard InChI is InChI=1S/C16H17N5O2/c1-19(2)12-6-9-20(10-7-12)11-8-15-17-13-4-3-5-14(21(22)23)16(13)18-15/h3-7,9-10H,8,11H2,1-2H3. The van der Waals surface area contributed by atoms with Crippen molar-refractivity contribution in [3.8, 4) is 0 Å². The first kappa shape index (κ1) is 15.0. The fourth-order valence-corrected chi connectivity index (χ4v) is 2.40. The largest absolute Gasteiger partial charge is 0.439 e. The van der Waals surface area contributed by atoms with Crippen LogP contribution in [0.3, 0.4) is 0 Å². The molecule has 0 fully saturated rings. The molecule has 3 rings (SSSR count). The molecule has 0 aliphatic carbocycles.